The summed E-state index contributed by atoms with van der Waals surface area (Å²) in [6, 6.07) is 13.2. The van der Waals surface area contributed by atoms with Crippen molar-refractivity contribution in [3.63, 3.8) is 0 Å². The molecule has 1 fully saturated rings. The molecule has 0 aliphatic carbocycles. The van der Waals surface area contributed by atoms with Crippen LogP contribution in [0.5, 0.6) is 11.5 Å². The number of nitrogens with one attached hydrogen (secondary N) is 2. The van der Waals surface area contributed by atoms with E-state index in [0.29, 0.717) is 17.2 Å². The number of methoxy groups -OCH3 is 2. The summed E-state index contributed by atoms with van der Waals surface area (Å²) in [6.07, 6.45) is 0.305. The first-order valence-electron chi connectivity index (χ1n) is 9.19. The summed E-state index contributed by atoms with van der Waals surface area (Å²) in [5.41, 5.74) is 1.42. The molecule has 1 saturated heterocycles. The lowest BCUT2D eigenvalue weighted by atomic mass is 10.1. The number of hydrogen-bond acceptors (Lipinski definition) is 5. The van der Waals surface area contributed by atoms with Crippen molar-refractivity contribution in [1.29, 1.82) is 0 Å². The molecule has 1 aliphatic rings. The lowest BCUT2D eigenvalue weighted by molar-refractivity contribution is -0.128. The Hall–Kier alpha value is -3.55. The van der Waals surface area contributed by atoms with E-state index in [9.17, 15) is 14.4 Å². The van der Waals surface area contributed by atoms with E-state index >= 15 is 0 Å². The van der Waals surface area contributed by atoms with Crippen LogP contribution in [-0.2, 0) is 16.1 Å². The molecule has 1 atom stereocenters. The van der Waals surface area contributed by atoms with Crippen molar-refractivity contribution in [2.75, 3.05) is 19.5 Å². The van der Waals surface area contributed by atoms with Gasteiger partial charge >= 0.3 is 6.03 Å². The first kappa shape index (κ1) is 20.2. The quantitative estimate of drug-likeness (QED) is 0.667. The van der Waals surface area contributed by atoms with Gasteiger partial charge in [-0.15, -0.1) is 0 Å². The van der Waals surface area contributed by atoms with Crippen LogP contribution in [0.3, 0.4) is 0 Å². The van der Waals surface area contributed by atoms with Crippen molar-refractivity contribution < 1.29 is 23.9 Å². The SMILES string of the molecule is COc1ccc(NC(=O)CCC2NC(=O)N(Cc3ccccc3)C2=O)cc1OC. The maximum absolute atomic E-state index is 12.5. The van der Waals surface area contributed by atoms with E-state index in [1.54, 1.807) is 18.2 Å². The van der Waals surface area contributed by atoms with Gasteiger partial charge in [0.2, 0.25) is 5.91 Å². The molecule has 2 aromatic rings. The molecule has 1 aliphatic heterocycles. The first-order valence-corrected chi connectivity index (χ1v) is 9.19. The van der Waals surface area contributed by atoms with Crippen LogP contribution in [0, 0.1) is 0 Å². The highest BCUT2D eigenvalue weighted by molar-refractivity contribution is 6.04. The van der Waals surface area contributed by atoms with Crippen LogP contribution >= 0.6 is 0 Å². The van der Waals surface area contributed by atoms with Gasteiger partial charge in [0.1, 0.15) is 6.04 Å². The highest BCUT2D eigenvalue weighted by Gasteiger charge is 2.37. The normalized spacial score (nSPS) is 15.8. The summed E-state index contributed by atoms with van der Waals surface area (Å²) < 4.78 is 10.4. The molecule has 8 nitrogen and oxygen atoms in total. The third-order valence-electron chi connectivity index (χ3n) is 4.62. The van der Waals surface area contributed by atoms with Crippen LogP contribution in [0.4, 0.5) is 10.5 Å². The zero-order chi connectivity index (χ0) is 20.8. The molecule has 152 valence electrons. The average molecular weight is 397 g/mol. The highest BCUT2D eigenvalue weighted by Crippen LogP contribution is 2.29. The number of nitrogens with zero attached hydrogens (tertiary/aromatic N) is 1. The molecule has 8 heteroatoms. The number of ether oxygens (including phenoxy) is 2. The molecule has 2 N–H and O–H groups in total. The van der Waals surface area contributed by atoms with Gasteiger partial charge in [-0.05, 0) is 24.1 Å². The molecule has 0 saturated carbocycles. The molecule has 0 aromatic heterocycles. The molecule has 3 rings (SSSR count). The Bertz CT molecular complexity index is 900. The summed E-state index contributed by atoms with van der Waals surface area (Å²) in [5.74, 6) is 0.474. The van der Waals surface area contributed by atoms with Crippen molar-refractivity contribution in [2.24, 2.45) is 0 Å². The minimum absolute atomic E-state index is 0.0875. The number of urea groups is 1. The average Bonchev–Trinajstić information content (AvgIpc) is 3.00. The Labute approximate surface area is 168 Å². The van der Waals surface area contributed by atoms with Gasteiger partial charge in [-0.2, -0.15) is 0 Å². The number of benzene rings is 2. The molecule has 4 amide bonds. The van der Waals surface area contributed by atoms with Gasteiger partial charge in [-0.25, -0.2) is 4.79 Å². The number of carbonyl (C=O) groups is 3. The van der Waals surface area contributed by atoms with E-state index in [4.69, 9.17) is 9.47 Å². The maximum Gasteiger partial charge on any atom is 0.325 e. The fourth-order valence-corrected chi connectivity index (χ4v) is 3.10. The lowest BCUT2D eigenvalue weighted by Gasteiger charge is -2.13. The molecule has 1 heterocycles. The van der Waals surface area contributed by atoms with Gasteiger partial charge in [0.15, 0.2) is 11.5 Å². The summed E-state index contributed by atoms with van der Waals surface area (Å²) in [7, 11) is 3.04. The fourth-order valence-electron chi connectivity index (χ4n) is 3.10. The van der Waals surface area contributed by atoms with E-state index in [-0.39, 0.29) is 31.2 Å². The Kier molecular flexibility index (Phi) is 6.33. The molecular formula is C21H23N3O5. The van der Waals surface area contributed by atoms with Crippen molar-refractivity contribution in [3.8, 4) is 11.5 Å². The number of carbonyl (C=O) groups excluding carboxylic acids is 3. The number of anilines is 1. The van der Waals surface area contributed by atoms with E-state index in [1.807, 2.05) is 30.3 Å². The zero-order valence-electron chi connectivity index (χ0n) is 16.3. The minimum Gasteiger partial charge on any atom is -0.493 e. The number of imide groups is 1. The van der Waals surface area contributed by atoms with Crippen LogP contribution in [0.2, 0.25) is 0 Å². The summed E-state index contributed by atoms with van der Waals surface area (Å²) in [6.45, 7) is 0.208. The zero-order valence-corrected chi connectivity index (χ0v) is 16.3. The summed E-state index contributed by atoms with van der Waals surface area (Å²) >= 11 is 0. The number of amides is 4. The van der Waals surface area contributed by atoms with Gasteiger partial charge in [-0.3, -0.25) is 14.5 Å². The van der Waals surface area contributed by atoms with Gasteiger partial charge < -0.3 is 20.1 Å². The van der Waals surface area contributed by atoms with Gasteiger partial charge in [0, 0.05) is 18.2 Å². The molecule has 0 radical (unpaired) electrons. The highest BCUT2D eigenvalue weighted by atomic mass is 16.5. The summed E-state index contributed by atoms with van der Waals surface area (Å²) in [5, 5.41) is 5.40. The van der Waals surface area contributed by atoms with Crippen LogP contribution < -0.4 is 20.1 Å². The van der Waals surface area contributed by atoms with Gasteiger partial charge in [0.05, 0.1) is 20.8 Å². The third kappa shape index (κ3) is 4.84. The van der Waals surface area contributed by atoms with E-state index in [1.165, 1.54) is 19.1 Å². The molecule has 0 bridgehead atoms. The Balaban J connectivity index is 1.54. The molecule has 0 spiro atoms. The van der Waals surface area contributed by atoms with Crippen LogP contribution in [0.1, 0.15) is 18.4 Å². The predicted octanol–water partition coefficient (Wildman–Crippen LogP) is 2.54. The topological polar surface area (TPSA) is 97.0 Å². The molecular weight excluding hydrogens is 374 g/mol. The Morgan fingerprint density at radius 2 is 1.79 bits per heavy atom. The monoisotopic (exact) mass is 397 g/mol. The van der Waals surface area contributed by atoms with Crippen LogP contribution in [-0.4, -0.2) is 43.0 Å². The molecule has 1 unspecified atom stereocenters. The maximum atomic E-state index is 12.5. The number of rotatable bonds is 8. The Morgan fingerprint density at radius 1 is 1.07 bits per heavy atom. The predicted molar refractivity (Wildman–Crippen MR) is 107 cm³/mol. The minimum atomic E-state index is -0.706. The molecule has 2 aromatic carbocycles. The van der Waals surface area contributed by atoms with Crippen LogP contribution in [0.25, 0.3) is 0 Å². The standard InChI is InChI=1S/C21H23N3O5/c1-28-17-10-8-15(12-18(17)29-2)22-19(25)11-9-16-20(26)24(21(27)23-16)13-14-6-4-3-5-7-14/h3-8,10,12,16H,9,11,13H2,1-2H3,(H,22,25)(H,23,27). The lowest BCUT2D eigenvalue weighted by Crippen LogP contribution is -2.31. The van der Waals surface area contributed by atoms with E-state index in [0.717, 1.165) is 5.56 Å². The van der Waals surface area contributed by atoms with Crippen molar-refractivity contribution in [2.45, 2.75) is 25.4 Å². The van der Waals surface area contributed by atoms with Gasteiger partial charge in [-0.1, -0.05) is 30.3 Å². The fraction of sp³-hybridized carbons (Fsp3) is 0.286. The van der Waals surface area contributed by atoms with E-state index in [2.05, 4.69) is 10.6 Å². The second-order valence-corrected chi connectivity index (χ2v) is 6.57. The van der Waals surface area contributed by atoms with Gasteiger partial charge in [0.25, 0.3) is 5.91 Å². The number of hydrogen-bond donors (Lipinski definition) is 2. The van der Waals surface area contributed by atoms with E-state index < -0.39 is 12.1 Å². The molecule has 29 heavy (non-hydrogen) atoms. The van der Waals surface area contributed by atoms with Crippen LogP contribution in [0.15, 0.2) is 48.5 Å². The smallest absolute Gasteiger partial charge is 0.325 e. The summed E-state index contributed by atoms with van der Waals surface area (Å²) in [4.78, 5) is 38.1. The van der Waals surface area contributed by atoms with Crippen molar-refractivity contribution in [3.05, 3.63) is 54.1 Å². The third-order valence-corrected chi connectivity index (χ3v) is 4.62. The van der Waals surface area contributed by atoms with Crippen molar-refractivity contribution >= 4 is 23.5 Å². The second kappa shape index (κ2) is 9.09. The Morgan fingerprint density at radius 3 is 2.48 bits per heavy atom. The second-order valence-electron chi connectivity index (χ2n) is 6.57. The first-order chi connectivity index (χ1) is 14.0. The van der Waals surface area contributed by atoms with Crippen molar-refractivity contribution in [1.82, 2.24) is 10.2 Å². The largest absolute Gasteiger partial charge is 0.493 e.